The Morgan fingerprint density at radius 2 is 2.26 bits per heavy atom. The van der Waals surface area contributed by atoms with E-state index in [4.69, 9.17) is 11.6 Å². The molecule has 2 aromatic heterocycles. The molecule has 1 aliphatic heterocycles. The van der Waals surface area contributed by atoms with Crippen LogP contribution in [0.3, 0.4) is 0 Å². The molecule has 1 atom stereocenters. The monoisotopic (exact) mass is 280 g/mol. The number of halogens is 1. The van der Waals surface area contributed by atoms with E-state index < -0.39 is 0 Å². The van der Waals surface area contributed by atoms with E-state index in [-0.39, 0.29) is 5.28 Å². The number of anilines is 1. The smallest absolute Gasteiger partial charge is 0.226 e. The maximum atomic E-state index is 5.99. The molecule has 1 unspecified atom stereocenters. The van der Waals surface area contributed by atoms with E-state index in [2.05, 4.69) is 43.9 Å². The van der Waals surface area contributed by atoms with E-state index >= 15 is 0 Å². The van der Waals surface area contributed by atoms with Gasteiger partial charge in [-0.15, -0.1) is 0 Å². The summed E-state index contributed by atoms with van der Waals surface area (Å²) in [6, 6.07) is 0.546. The number of hydrogen-bond acceptors (Lipinski definition) is 5. The third-order valence-corrected chi connectivity index (χ3v) is 3.98. The molecular formula is C12H17ClN6. The number of piperazine rings is 1. The highest BCUT2D eigenvalue weighted by atomic mass is 35.5. The van der Waals surface area contributed by atoms with Crippen molar-refractivity contribution in [1.29, 1.82) is 0 Å². The fourth-order valence-corrected chi connectivity index (χ4v) is 2.78. The van der Waals surface area contributed by atoms with Crippen molar-refractivity contribution in [3.63, 3.8) is 0 Å². The molecule has 0 bridgehead atoms. The summed E-state index contributed by atoms with van der Waals surface area (Å²) in [5.41, 5.74) is 0.696. The van der Waals surface area contributed by atoms with Crippen molar-refractivity contribution in [3.05, 3.63) is 11.5 Å². The number of nitrogens with zero attached hydrogens (tertiary/aromatic N) is 5. The number of nitrogens with one attached hydrogen (secondary N) is 1. The summed E-state index contributed by atoms with van der Waals surface area (Å²) in [4.78, 5) is 13.2. The fraction of sp³-hybridized carbons (Fsp3) is 0.583. The van der Waals surface area contributed by atoms with Gasteiger partial charge in [-0.05, 0) is 25.1 Å². The zero-order chi connectivity index (χ0) is 13.4. The quantitative estimate of drug-likeness (QED) is 0.846. The van der Waals surface area contributed by atoms with Crippen LogP contribution in [-0.4, -0.2) is 57.8 Å². The van der Waals surface area contributed by atoms with Gasteiger partial charge in [-0.25, -0.2) is 0 Å². The number of aromatic amines is 1. The Morgan fingerprint density at radius 3 is 3.05 bits per heavy atom. The third-order valence-electron chi connectivity index (χ3n) is 3.81. The van der Waals surface area contributed by atoms with Crippen molar-refractivity contribution in [1.82, 2.24) is 25.1 Å². The van der Waals surface area contributed by atoms with Crippen LogP contribution >= 0.6 is 11.6 Å². The first-order valence-electron chi connectivity index (χ1n) is 6.51. The van der Waals surface area contributed by atoms with Crippen LogP contribution in [0.25, 0.3) is 11.0 Å². The van der Waals surface area contributed by atoms with Crippen molar-refractivity contribution in [3.8, 4) is 0 Å². The Morgan fingerprint density at radius 1 is 1.42 bits per heavy atom. The Balaban J connectivity index is 1.97. The number of likely N-dealkylation sites (N-methyl/N-ethyl adjacent to an activating group) is 1. The van der Waals surface area contributed by atoms with Crippen molar-refractivity contribution >= 4 is 28.5 Å². The Kier molecular flexibility index (Phi) is 3.28. The molecule has 3 rings (SSSR count). The molecule has 7 heteroatoms. The number of rotatable bonds is 2. The standard InChI is InChI=1S/C12H17ClN6/c1-3-8-7-19(5-4-18(8)2)11-9-6-14-17-10(9)15-12(13)16-11/h6,8H,3-5,7H2,1-2H3,(H,14,15,16,17). The zero-order valence-corrected chi connectivity index (χ0v) is 11.9. The summed E-state index contributed by atoms with van der Waals surface area (Å²) in [6.45, 7) is 5.14. The summed E-state index contributed by atoms with van der Waals surface area (Å²) < 4.78 is 0. The van der Waals surface area contributed by atoms with Gasteiger partial charge in [-0.1, -0.05) is 6.92 Å². The molecule has 0 amide bonds. The summed E-state index contributed by atoms with van der Waals surface area (Å²) in [6.07, 6.45) is 2.89. The topological polar surface area (TPSA) is 60.9 Å². The lowest BCUT2D eigenvalue weighted by atomic mass is 10.1. The van der Waals surface area contributed by atoms with E-state index in [0.717, 1.165) is 37.3 Å². The minimum absolute atomic E-state index is 0.263. The summed E-state index contributed by atoms with van der Waals surface area (Å²) >= 11 is 5.99. The molecule has 2 aromatic rings. The minimum atomic E-state index is 0.263. The van der Waals surface area contributed by atoms with Crippen molar-refractivity contribution < 1.29 is 0 Å². The molecule has 6 nitrogen and oxygen atoms in total. The third kappa shape index (κ3) is 2.26. The highest BCUT2D eigenvalue weighted by Crippen LogP contribution is 2.26. The first kappa shape index (κ1) is 12.6. The van der Waals surface area contributed by atoms with Crippen LogP contribution in [-0.2, 0) is 0 Å². The largest absolute Gasteiger partial charge is 0.353 e. The van der Waals surface area contributed by atoms with Crippen LogP contribution in [0, 0.1) is 0 Å². The molecule has 1 aliphatic rings. The van der Waals surface area contributed by atoms with Gasteiger partial charge in [0.1, 0.15) is 5.82 Å². The van der Waals surface area contributed by atoms with Gasteiger partial charge in [0.2, 0.25) is 5.28 Å². The maximum Gasteiger partial charge on any atom is 0.226 e. The van der Waals surface area contributed by atoms with Gasteiger partial charge in [0, 0.05) is 25.7 Å². The molecule has 1 fully saturated rings. The first-order valence-corrected chi connectivity index (χ1v) is 6.88. The van der Waals surface area contributed by atoms with Crippen molar-refractivity contribution in [2.75, 3.05) is 31.6 Å². The Hall–Kier alpha value is -1.40. The highest BCUT2D eigenvalue weighted by Gasteiger charge is 2.25. The van der Waals surface area contributed by atoms with Crippen LogP contribution in [0.2, 0.25) is 5.28 Å². The van der Waals surface area contributed by atoms with Crippen molar-refractivity contribution in [2.45, 2.75) is 19.4 Å². The minimum Gasteiger partial charge on any atom is -0.353 e. The SMILES string of the molecule is CCC1CN(c2nc(Cl)nc3[nH]ncc23)CCN1C. The molecule has 0 spiro atoms. The van der Waals surface area contributed by atoms with Gasteiger partial charge in [0.05, 0.1) is 11.6 Å². The van der Waals surface area contributed by atoms with Gasteiger partial charge in [0.15, 0.2) is 5.65 Å². The normalized spacial score (nSPS) is 21.2. The van der Waals surface area contributed by atoms with Gasteiger partial charge >= 0.3 is 0 Å². The van der Waals surface area contributed by atoms with Crippen LogP contribution in [0.5, 0.6) is 0 Å². The second kappa shape index (κ2) is 4.94. The lowest BCUT2D eigenvalue weighted by molar-refractivity contribution is 0.213. The second-order valence-electron chi connectivity index (χ2n) is 4.94. The highest BCUT2D eigenvalue weighted by molar-refractivity contribution is 6.28. The van der Waals surface area contributed by atoms with Gasteiger partial charge < -0.3 is 4.90 Å². The fourth-order valence-electron chi connectivity index (χ4n) is 2.61. The number of aromatic nitrogens is 4. The lowest BCUT2D eigenvalue weighted by Gasteiger charge is -2.39. The van der Waals surface area contributed by atoms with E-state index in [9.17, 15) is 0 Å². The van der Waals surface area contributed by atoms with E-state index in [1.54, 1.807) is 6.20 Å². The second-order valence-corrected chi connectivity index (χ2v) is 5.28. The average Bonchev–Trinajstić information content (AvgIpc) is 2.86. The van der Waals surface area contributed by atoms with Crippen LogP contribution in [0.15, 0.2) is 6.20 Å². The first-order chi connectivity index (χ1) is 9.19. The molecule has 0 aromatic carbocycles. The number of hydrogen-bond donors (Lipinski definition) is 1. The Bertz CT molecular complexity index is 583. The lowest BCUT2D eigenvalue weighted by Crippen LogP contribution is -2.51. The predicted molar refractivity (Wildman–Crippen MR) is 75.6 cm³/mol. The molecule has 102 valence electrons. The number of H-pyrrole nitrogens is 1. The van der Waals surface area contributed by atoms with E-state index in [1.165, 1.54) is 0 Å². The van der Waals surface area contributed by atoms with Gasteiger partial charge in [-0.2, -0.15) is 15.1 Å². The molecule has 0 saturated carbocycles. The molecular weight excluding hydrogens is 264 g/mol. The van der Waals surface area contributed by atoms with E-state index in [1.807, 2.05) is 0 Å². The molecule has 19 heavy (non-hydrogen) atoms. The predicted octanol–water partition coefficient (Wildman–Crippen LogP) is 1.54. The molecule has 0 radical (unpaired) electrons. The van der Waals surface area contributed by atoms with Crippen LogP contribution < -0.4 is 4.90 Å². The van der Waals surface area contributed by atoms with Gasteiger partial charge in [0.25, 0.3) is 0 Å². The zero-order valence-electron chi connectivity index (χ0n) is 11.1. The van der Waals surface area contributed by atoms with Crippen LogP contribution in [0.1, 0.15) is 13.3 Å². The molecule has 1 N–H and O–H groups in total. The van der Waals surface area contributed by atoms with Gasteiger partial charge in [-0.3, -0.25) is 10.00 Å². The molecule has 0 aliphatic carbocycles. The summed E-state index contributed by atoms with van der Waals surface area (Å²) in [5, 5.41) is 8.08. The molecule has 3 heterocycles. The summed E-state index contributed by atoms with van der Waals surface area (Å²) in [7, 11) is 2.17. The maximum absolute atomic E-state index is 5.99. The van der Waals surface area contributed by atoms with E-state index in [0.29, 0.717) is 11.7 Å². The number of fused-ring (bicyclic) bond motifs is 1. The average molecular weight is 281 g/mol. The summed E-state index contributed by atoms with van der Waals surface area (Å²) in [5.74, 6) is 0.885. The van der Waals surface area contributed by atoms with Crippen molar-refractivity contribution in [2.24, 2.45) is 0 Å². The van der Waals surface area contributed by atoms with Crippen LogP contribution in [0.4, 0.5) is 5.82 Å². The Labute approximate surface area is 116 Å². The molecule has 1 saturated heterocycles.